The lowest BCUT2D eigenvalue weighted by Crippen LogP contribution is -2.49. The van der Waals surface area contributed by atoms with Gasteiger partial charge in [0.05, 0.1) is 0 Å². The number of nitrogens with zero attached hydrogens (tertiary/aromatic N) is 1. The van der Waals surface area contributed by atoms with E-state index in [1.54, 1.807) is 0 Å². The van der Waals surface area contributed by atoms with Gasteiger partial charge < -0.3 is 4.90 Å². The highest BCUT2D eigenvalue weighted by atomic mass is 15.1. The van der Waals surface area contributed by atoms with Crippen LogP contribution in [0.5, 0.6) is 0 Å². The molecule has 3 rings (SSSR count). The molecular formula is C20H39N. The number of piperidine rings is 3. The molecular weight excluding hydrogens is 254 g/mol. The molecule has 1 unspecified atom stereocenters. The first-order valence-corrected chi connectivity index (χ1v) is 10.1. The minimum Gasteiger partial charge on any atom is -0.303 e. The second-order valence-corrected chi connectivity index (χ2v) is 7.76. The zero-order chi connectivity index (χ0) is 14.9. The quantitative estimate of drug-likeness (QED) is 0.430. The largest absolute Gasteiger partial charge is 0.303 e. The van der Waals surface area contributed by atoms with E-state index in [0.29, 0.717) is 0 Å². The summed E-state index contributed by atoms with van der Waals surface area (Å²) in [5.74, 6) is 3.18. The van der Waals surface area contributed by atoms with Crippen LogP contribution >= 0.6 is 0 Å². The van der Waals surface area contributed by atoms with Crippen molar-refractivity contribution in [2.24, 2.45) is 17.8 Å². The van der Waals surface area contributed by atoms with Gasteiger partial charge in [-0.2, -0.15) is 0 Å². The SMILES string of the molecule is CCCCCCCC(CCCCC)[C@@H]1CN2CCC1CC2. The van der Waals surface area contributed by atoms with Crippen LogP contribution in [0, 0.1) is 17.8 Å². The highest BCUT2D eigenvalue weighted by molar-refractivity contribution is 4.89. The predicted molar refractivity (Wildman–Crippen MR) is 93.7 cm³/mol. The van der Waals surface area contributed by atoms with Crippen molar-refractivity contribution in [1.82, 2.24) is 4.90 Å². The highest BCUT2D eigenvalue weighted by Gasteiger charge is 2.37. The lowest BCUT2D eigenvalue weighted by atomic mass is 9.69. The molecule has 2 atom stereocenters. The van der Waals surface area contributed by atoms with Gasteiger partial charge in [0.2, 0.25) is 0 Å². The average Bonchev–Trinajstić information content (AvgIpc) is 2.54. The van der Waals surface area contributed by atoms with Gasteiger partial charge in [0.1, 0.15) is 0 Å². The first-order valence-electron chi connectivity index (χ1n) is 10.1. The molecule has 3 fully saturated rings. The molecule has 3 heterocycles. The topological polar surface area (TPSA) is 3.24 Å². The third-order valence-corrected chi connectivity index (χ3v) is 6.17. The predicted octanol–water partition coefficient (Wildman–Crippen LogP) is 5.89. The minimum absolute atomic E-state index is 1.05. The molecule has 3 aliphatic heterocycles. The average molecular weight is 294 g/mol. The van der Waals surface area contributed by atoms with Crippen molar-refractivity contribution in [2.75, 3.05) is 19.6 Å². The molecule has 0 radical (unpaired) electrons. The Kier molecular flexibility index (Phi) is 8.14. The van der Waals surface area contributed by atoms with E-state index in [2.05, 4.69) is 18.7 Å². The van der Waals surface area contributed by atoms with E-state index in [0.717, 1.165) is 17.8 Å². The molecule has 2 bridgehead atoms. The van der Waals surface area contributed by atoms with Gasteiger partial charge >= 0.3 is 0 Å². The number of fused-ring (bicyclic) bond motifs is 3. The molecule has 1 heteroatoms. The number of hydrogen-bond acceptors (Lipinski definition) is 1. The standard InChI is InChI=1S/C20H39N/c1-3-5-7-8-10-12-18(11-9-6-4-2)20-17-21-15-13-19(20)14-16-21/h18-20H,3-17H2,1-2H3/t18?,20-/m0/s1. The molecule has 0 saturated carbocycles. The van der Waals surface area contributed by atoms with Gasteiger partial charge in [-0.3, -0.25) is 0 Å². The Morgan fingerprint density at radius 3 is 1.95 bits per heavy atom. The second-order valence-electron chi connectivity index (χ2n) is 7.76. The van der Waals surface area contributed by atoms with Gasteiger partial charge in [0.25, 0.3) is 0 Å². The van der Waals surface area contributed by atoms with Gasteiger partial charge in [0, 0.05) is 6.54 Å². The summed E-state index contributed by atoms with van der Waals surface area (Å²) in [6.07, 6.45) is 17.7. The van der Waals surface area contributed by atoms with Gasteiger partial charge in [-0.15, -0.1) is 0 Å². The molecule has 0 aromatic heterocycles. The Labute approximate surface area is 133 Å². The summed E-state index contributed by atoms with van der Waals surface area (Å²) in [6.45, 7) is 8.91. The molecule has 3 saturated heterocycles. The lowest BCUT2D eigenvalue weighted by Gasteiger charge is -2.48. The summed E-state index contributed by atoms with van der Waals surface area (Å²) >= 11 is 0. The van der Waals surface area contributed by atoms with E-state index >= 15 is 0 Å². The van der Waals surface area contributed by atoms with Gasteiger partial charge in [-0.1, -0.05) is 78.1 Å². The normalized spacial score (nSPS) is 29.7. The fourth-order valence-electron chi connectivity index (χ4n) is 4.78. The van der Waals surface area contributed by atoms with Crippen molar-refractivity contribution in [2.45, 2.75) is 90.9 Å². The van der Waals surface area contributed by atoms with E-state index in [-0.39, 0.29) is 0 Å². The number of unbranched alkanes of at least 4 members (excludes halogenated alkanes) is 6. The van der Waals surface area contributed by atoms with Crippen molar-refractivity contribution in [3.8, 4) is 0 Å². The molecule has 0 aromatic rings. The zero-order valence-corrected chi connectivity index (χ0v) is 14.8. The van der Waals surface area contributed by atoms with E-state index in [9.17, 15) is 0 Å². The monoisotopic (exact) mass is 293 g/mol. The Morgan fingerprint density at radius 2 is 1.38 bits per heavy atom. The van der Waals surface area contributed by atoms with Crippen LogP contribution in [0.1, 0.15) is 90.9 Å². The van der Waals surface area contributed by atoms with Crippen molar-refractivity contribution in [3.63, 3.8) is 0 Å². The smallest absolute Gasteiger partial charge is 0.00150 e. The maximum Gasteiger partial charge on any atom is 0.00150 e. The maximum absolute atomic E-state index is 2.76. The summed E-state index contributed by atoms with van der Waals surface area (Å²) in [5.41, 5.74) is 0. The van der Waals surface area contributed by atoms with Crippen molar-refractivity contribution in [3.05, 3.63) is 0 Å². The molecule has 3 aliphatic rings. The fraction of sp³-hybridized carbons (Fsp3) is 1.00. The summed E-state index contributed by atoms with van der Waals surface area (Å²) < 4.78 is 0. The van der Waals surface area contributed by atoms with E-state index in [4.69, 9.17) is 0 Å². The molecule has 21 heavy (non-hydrogen) atoms. The van der Waals surface area contributed by atoms with Crippen LogP contribution in [0.3, 0.4) is 0 Å². The maximum atomic E-state index is 2.76. The molecule has 0 amide bonds. The lowest BCUT2D eigenvalue weighted by molar-refractivity contribution is 0.0133. The Bertz CT molecular complexity index is 255. The summed E-state index contributed by atoms with van der Waals surface area (Å²) in [7, 11) is 0. The van der Waals surface area contributed by atoms with Crippen LogP contribution in [0.15, 0.2) is 0 Å². The van der Waals surface area contributed by atoms with Gasteiger partial charge in [-0.25, -0.2) is 0 Å². The van der Waals surface area contributed by atoms with Crippen LogP contribution in [-0.2, 0) is 0 Å². The first kappa shape index (κ1) is 17.3. The number of rotatable bonds is 11. The highest BCUT2D eigenvalue weighted by Crippen LogP contribution is 2.40. The molecule has 1 nitrogen and oxygen atoms in total. The Morgan fingerprint density at radius 1 is 0.810 bits per heavy atom. The molecule has 0 aliphatic carbocycles. The summed E-state index contributed by atoms with van der Waals surface area (Å²) in [5, 5.41) is 0. The minimum atomic E-state index is 1.05. The van der Waals surface area contributed by atoms with Crippen LogP contribution in [-0.4, -0.2) is 24.5 Å². The van der Waals surface area contributed by atoms with E-state index in [1.807, 2.05) is 0 Å². The van der Waals surface area contributed by atoms with Crippen molar-refractivity contribution in [1.29, 1.82) is 0 Å². The molecule has 0 N–H and O–H groups in total. The first-order chi connectivity index (χ1) is 10.3. The van der Waals surface area contributed by atoms with Crippen LogP contribution < -0.4 is 0 Å². The van der Waals surface area contributed by atoms with E-state index in [1.165, 1.54) is 96.7 Å². The van der Waals surface area contributed by atoms with Crippen molar-refractivity contribution < 1.29 is 0 Å². The van der Waals surface area contributed by atoms with Gasteiger partial charge in [-0.05, 0) is 43.7 Å². The Balaban J connectivity index is 1.77. The molecule has 0 aromatic carbocycles. The molecule has 124 valence electrons. The third kappa shape index (κ3) is 5.58. The van der Waals surface area contributed by atoms with Crippen molar-refractivity contribution >= 4 is 0 Å². The molecule has 0 spiro atoms. The van der Waals surface area contributed by atoms with Crippen LogP contribution in [0.2, 0.25) is 0 Å². The van der Waals surface area contributed by atoms with Gasteiger partial charge in [0.15, 0.2) is 0 Å². The van der Waals surface area contributed by atoms with Crippen LogP contribution in [0.25, 0.3) is 0 Å². The summed E-state index contributed by atoms with van der Waals surface area (Å²) in [4.78, 5) is 2.76. The number of hydrogen-bond donors (Lipinski definition) is 0. The summed E-state index contributed by atoms with van der Waals surface area (Å²) in [6, 6.07) is 0. The Hall–Kier alpha value is -0.0400. The zero-order valence-electron chi connectivity index (χ0n) is 14.8. The van der Waals surface area contributed by atoms with Crippen LogP contribution in [0.4, 0.5) is 0 Å². The third-order valence-electron chi connectivity index (χ3n) is 6.17. The second kappa shape index (κ2) is 9.87. The van der Waals surface area contributed by atoms with E-state index < -0.39 is 0 Å². The fourth-order valence-corrected chi connectivity index (χ4v) is 4.78.